The van der Waals surface area contributed by atoms with Crippen molar-refractivity contribution < 1.29 is 9.59 Å². The van der Waals surface area contributed by atoms with E-state index < -0.39 is 5.92 Å². The van der Waals surface area contributed by atoms with Crippen molar-refractivity contribution in [2.24, 2.45) is 11.8 Å². The first-order chi connectivity index (χ1) is 19.1. The van der Waals surface area contributed by atoms with E-state index >= 15 is 0 Å². The highest BCUT2D eigenvalue weighted by molar-refractivity contribution is 6.22. The van der Waals surface area contributed by atoms with Gasteiger partial charge >= 0.3 is 0 Å². The average Bonchev–Trinajstić information content (AvgIpc) is 3.21. The average molecular weight is 533 g/mol. The molecule has 3 rings (SSSR count). The van der Waals surface area contributed by atoms with Gasteiger partial charge in [-0.25, -0.2) is 10.0 Å². The molecule has 1 saturated heterocycles. The molecular weight excluding hydrogens is 480 g/mol. The highest BCUT2D eigenvalue weighted by Gasteiger charge is 2.46. The van der Waals surface area contributed by atoms with Crippen LogP contribution in [0.15, 0.2) is 60.7 Å². The van der Waals surface area contributed by atoms with E-state index in [1.54, 1.807) is 10.0 Å². The molecule has 1 atom stereocenters. The van der Waals surface area contributed by atoms with Gasteiger partial charge in [0.25, 0.3) is 11.8 Å². The van der Waals surface area contributed by atoms with E-state index in [1.165, 1.54) is 96.3 Å². The summed E-state index contributed by atoms with van der Waals surface area (Å²) in [6.07, 6.45) is 22.0. The van der Waals surface area contributed by atoms with E-state index in [1.807, 2.05) is 60.7 Å². The van der Waals surface area contributed by atoms with Gasteiger partial charge < -0.3 is 0 Å². The fourth-order valence-corrected chi connectivity index (χ4v) is 5.75. The van der Waals surface area contributed by atoms with Crippen LogP contribution in [-0.2, 0) is 9.59 Å². The molecule has 4 nitrogen and oxygen atoms in total. The van der Waals surface area contributed by atoms with Crippen LogP contribution in [0.3, 0.4) is 0 Å². The Balaban J connectivity index is 1.32. The van der Waals surface area contributed by atoms with Crippen molar-refractivity contribution in [2.75, 3.05) is 10.0 Å². The number of anilines is 2. The van der Waals surface area contributed by atoms with Crippen LogP contribution in [0.2, 0.25) is 0 Å². The first kappa shape index (κ1) is 30.9. The Morgan fingerprint density at radius 2 is 0.949 bits per heavy atom. The molecule has 0 saturated carbocycles. The van der Waals surface area contributed by atoms with Crippen LogP contribution in [0.4, 0.5) is 11.4 Å². The van der Waals surface area contributed by atoms with E-state index in [0.717, 1.165) is 17.8 Å². The second-order valence-corrected chi connectivity index (χ2v) is 11.6. The Bertz CT molecular complexity index is 888. The largest absolute Gasteiger partial charge is 0.272 e. The predicted molar refractivity (Wildman–Crippen MR) is 165 cm³/mol. The highest BCUT2D eigenvalue weighted by Crippen LogP contribution is 2.34. The smallest absolute Gasteiger partial charge is 0.258 e. The van der Waals surface area contributed by atoms with Gasteiger partial charge in [0.2, 0.25) is 0 Å². The van der Waals surface area contributed by atoms with Gasteiger partial charge in [-0.05, 0) is 43.0 Å². The number of hydrogen-bond acceptors (Lipinski definition) is 2. The summed E-state index contributed by atoms with van der Waals surface area (Å²) in [5.74, 6) is -0.305. The molecule has 39 heavy (non-hydrogen) atoms. The molecule has 2 aromatic carbocycles. The van der Waals surface area contributed by atoms with Gasteiger partial charge in [0.05, 0.1) is 11.4 Å². The van der Waals surface area contributed by atoms with E-state index in [2.05, 4.69) is 13.8 Å². The summed E-state index contributed by atoms with van der Waals surface area (Å²) in [7, 11) is 0. The number of rotatable bonds is 20. The highest BCUT2D eigenvalue weighted by atomic mass is 16.2. The molecular formula is C35H52N2O2. The maximum absolute atomic E-state index is 13.5. The van der Waals surface area contributed by atoms with Crippen molar-refractivity contribution in [2.45, 2.75) is 123 Å². The molecule has 2 aromatic rings. The molecule has 0 N–H and O–H groups in total. The monoisotopic (exact) mass is 532 g/mol. The summed E-state index contributed by atoms with van der Waals surface area (Å²) in [5.41, 5.74) is 1.47. The van der Waals surface area contributed by atoms with Crippen molar-refractivity contribution in [3.63, 3.8) is 0 Å². The van der Waals surface area contributed by atoms with Crippen molar-refractivity contribution in [1.29, 1.82) is 0 Å². The van der Waals surface area contributed by atoms with Gasteiger partial charge in [0.1, 0.15) is 5.92 Å². The van der Waals surface area contributed by atoms with E-state index in [9.17, 15) is 9.59 Å². The number of hydrogen-bond donors (Lipinski definition) is 0. The normalized spacial score (nSPS) is 14.9. The lowest BCUT2D eigenvalue weighted by molar-refractivity contribution is -0.127. The summed E-state index contributed by atoms with van der Waals surface area (Å²) in [6.45, 7) is 4.56. The Morgan fingerprint density at radius 1 is 0.564 bits per heavy atom. The minimum Gasteiger partial charge on any atom is -0.272 e. The van der Waals surface area contributed by atoms with Gasteiger partial charge in [-0.3, -0.25) is 9.59 Å². The number of nitrogens with zero attached hydrogens (tertiary/aromatic N) is 2. The Hall–Kier alpha value is -2.62. The van der Waals surface area contributed by atoms with Gasteiger partial charge in [0.15, 0.2) is 0 Å². The summed E-state index contributed by atoms with van der Waals surface area (Å²) in [4.78, 5) is 26.9. The second kappa shape index (κ2) is 17.9. The zero-order valence-electron chi connectivity index (χ0n) is 24.7. The fraction of sp³-hybridized carbons (Fsp3) is 0.600. The van der Waals surface area contributed by atoms with Crippen molar-refractivity contribution in [3.05, 3.63) is 60.7 Å². The third-order valence-electron chi connectivity index (χ3n) is 8.21. The lowest BCUT2D eigenvalue weighted by atomic mass is 9.92. The third-order valence-corrected chi connectivity index (χ3v) is 8.21. The quantitative estimate of drug-likeness (QED) is 0.126. The second-order valence-electron chi connectivity index (χ2n) is 11.6. The maximum Gasteiger partial charge on any atom is 0.258 e. The molecule has 1 fully saturated rings. The molecule has 4 heteroatoms. The molecule has 0 aromatic heterocycles. The fourth-order valence-electron chi connectivity index (χ4n) is 5.75. The first-order valence-electron chi connectivity index (χ1n) is 15.9. The SMILES string of the molecule is CCCCCCCCCCCCCCCCC(C)CCC1C(=O)N(c2ccccc2)N(c2ccccc2)C1=O. The summed E-state index contributed by atoms with van der Waals surface area (Å²) in [5, 5.41) is 3.14. The molecule has 0 aliphatic carbocycles. The van der Waals surface area contributed by atoms with Gasteiger partial charge in [-0.15, -0.1) is 0 Å². The van der Waals surface area contributed by atoms with E-state index in [0.29, 0.717) is 12.3 Å². The molecule has 1 unspecified atom stereocenters. The molecule has 214 valence electrons. The zero-order chi connectivity index (χ0) is 27.7. The van der Waals surface area contributed by atoms with Crippen LogP contribution in [0.1, 0.15) is 123 Å². The molecule has 1 aliphatic heterocycles. The Kier molecular flexibility index (Phi) is 14.2. The summed E-state index contributed by atoms with van der Waals surface area (Å²) < 4.78 is 0. The van der Waals surface area contributed by atoms with E-state index in [-0.39, 0.29) is 11.8 Å². The summed E-state index contributed by atoms with van der Waals surface area (Å²) >= 11 is 0. The summed E-state index contributed by atoms with van der Waals surface area (Å²) in [6, 6.07) is 19.0. The van der Waals surface area contributed by atoms with Crippen LogP contribution < -0.4 is 10.0 Å². The van der Waals surface area contributed by atoms with Gasteiger partial charge in [-0.1, -0.05) is 147 Å². The molecule has 0 spiro atoms. The number of amides is 2. The van der Waals surface area contributed by atoms with Crippen molar-refractivity contribution in [1.82, 2.24) is 0 Å². The third kappa shape index (κ3) is 10.1. The van der Waals surface area contributed by atoms with Crippen LogP contribution in [0.5, 0.6) is 0 Å². The van der Waals surface area contributed by atoms with Crippen molar-refractivity contribution in [3.8, 4) is 0 Å². The van der Waals surface area contributed by atoms with Crippen LogP contribution >= 0.6 is 0 Å². The van der Waals surface area contributed by atoms with Crippen LogP contribution in [0.25, 0.3) is 0 Å². The Morgan fingerprint density at radius 3 is 1.36 bits per heavy atom. The number of carbonyl (C=O) groups excluding carboxylic acids is 2. The molecule has 2 amide bonds. The molecule has 1 aliphatic rings. The standard InChI is InChI=1S/C35H52N2O2/c1-3-4-5-6-7-8-9-10-11-12-13-14-15-18-23-30(2)28-29-33-34(38)36(31-24-19-16-20-25-31)37(35(33)39)32-26-21-17-22-27-32/h16-17,19-22,24-27,30,33H,3-15,18,23,28-29H2,1-2H3. The number of para-hydroxylation sites is 2. The lowest BCUT2D eigenvalue weighted by Gasteiger charge is -2.27. The Labute approximate surface area is 238 Å². The number of benzene rings is 2. The van der Waals surface area contributed by atoms with E-state index in [4.69, 9.17) is 0 Å². The van der Waals surface area contributed by atoms with Crippen LogP contribution in [0, 0.1) is 11.8 Å². The zero-order valence-corrected chi connectivity index (χ0v) is 24.7. The minimum atomic E-state index is -0.607. The van der Waals surface area contributed by atoms with Gasteiger partial charge in [-0.2, -0.15) is 0 Å². The number of carbonyl (C=O) groups is 2. The van der Waals surface area contributed by atoms with Crippen LogP contribution in [-0.4, -0.2) is 11.8 Å². The predicted octanol–water partition coefficient (Wildman–Crippen LogP) is 9.89. The first-order valence-corrected chi connectivity index (χ1v) is 15.9. The molecule has 0 radical (unpaired) electrons. The van der Waals surface area contributed by atoms with Gasteiger partial charge in [0, 0.05) is 0 Å². The number of hydrazine groups is 1. The topological polar surface area (TPSA) is 40.6 Å². The minimum absolute atomic E-state index is 0.112. The molecule has 0 bridgehead atoms. The molecule has 1 heterocycles. The maximum atomic E-state index is 13.5. The lowest BCUT2D eigenvalue weighted by Crippen LogP contribution is -2.41. The number of unbranched alkanes of at least 4 members (excludes halogenated alkanes) is 13. The van der Waals surface area contributed by atoms with Crippen molar-refractivity contribution >= 4 is 23.2 Å².